The van der Waals surface area contributed by atoms with Gasteiger partial charge < -0.3 is 24.1 Å². The van der Waals surface area contributed by atoms with Gasteiger partial charge in [-0.1, -0.05) is 60.7 Å². The lowest BCUT2D eigenvalue weighted by Crippen LogP contribution is -2.43. The Bertz CT molecular complexity index is 1580. The summed E-state index contributed by atoms with van der Waals surface area (Å²) in [5, 5.41) is 4.45. The van der Waals surface area contributed by atoms with E-state index >= 15 is 0 Å². The van der Waals surface area contributed by atoms with Crippen LogP contribution in [-0.4, -0.2) is 43.7 Å². The molecule has 0 amide bonds. The molecule has 1 aliphatic rings. The Balaban J connectivity index is 0.00000405. The SMILES string of the molecule is CCOC(=O)c1cn(Cc2ccccc2OC)c2c(c1=O)C(CNCc1ccccc1)(c1ccc(OC)cc1)CS2.Cl. The van der Waals surface area contributed by atoms with Gasteiger partial charge in [-0.25, -0.2) is 4.79 Å². The molecule has 0 radical (unpaired) electrons. The van der Waals surface area contributed by atoms with Gasteiger partial charge in [0, 0.05) is 41.6 Å². The van der Waals surface area contributed by atoms with Crippen molar-refractivity contribution >= 4 is 30.1 Å². The molecule has 0 fully saturated rings. The van der Waals surface area contributed by atoms with Crippen molar-refractivity contribution in [2.75, 3.05) is 33.1 Å². The van der Waals surface area contributed by atoms with E-state index in [0.717, 1.165) is 33.2 Å². The molecular weight excluding hydrogens is 572 g/mol. The van der Waals surface area contributed by atoms with Crippen LogP contribution in [0.2, 0.25) is 0 Å². The monoisotopic (exact) mass is 606 g/mol. The van der Waals surface area contributed by atoms with Crippen LogP contribution in [0.5, 0.6) is 11.5 Å². The Morgan fingerprint density at radius 3 is 2.38 bits per heavy atom. The summed E-state index contributed by atoms with van der Waals surface area (Å²) in [5.74, 6) is 1.49. The highest BCUT2D eigenvalue weighted by Gasteiger charge is 2.45. The molecule has 0 saturated heterocycles. The first-order valence-corrected chi connectivity index (χ1v) is 14.6. The quantitative estimate of drug-likeness (QED) is 0.220. The van der Waals surface area contributed by atoms with Crippen molar-refractivity contribution in [3.05, 3.63) is 123 Å². The van der Waals surface area contributed by atoms with Crippen LogP contribution in [0.1, 0.15) is 39.5 Å². The number of esters is 1. The number of hydrogen-bond donors (Lipinski definition) is 1. The minimum absolute atomic E-state index is 0. The molecule has 1 unspecified atom stereocenters. The lowest BCUT2D eigenvalue weighted by molar-refractivity contribution is 0.0523. The van der Waals surface area contributed by atoms with Crippen molar-refractivity contribution in [3.8, 4) is 11.5 Å². The number of halogens is 1. The first kappa shape index (κ1) is 31.2. The van der Waals surface area contributed by atoms with E-state index in [1.54, 1.807) is 39.1 Å². The maximum absolute atomic E-state index is 14.2. The molecule has 1 aliphatic heterocycles. The highest BCUT2D eigenvalue weighted by atomic mass is 35.5. The van der Waals surface area contributed by atoms with E-state index in [1.807, 2.05) is 71.3 Å². The van der Waals surface area contributed by atoms with Crippen molar-refractivity contribution in [1.29, 1.82) is 0 Å². The minimum Gasteiger partial charge on any atom is -0.497 e. The summed E-state index contributed by atoms with van der Waals surface area (Å²) in [4.78, 5) is 27.4. The van der Waals surface area contributed by atoms with Gasteiger partial charge in [-0.05, 0) is 36.2 Å². The van der Waals surface area contributed by atoms with Crippen molar-refractivity contribution in [2.24, 2.45) is 0 Å². The van der Waals surface area contributed by atoms with Crippen LogP contribution in [0.15, 0.2) is 94.9 Å². The number of carbonyl (C=O) groups excluding carboxylic acids is 1. The first-order valence-electron chi connectivity index (χ1n) is 13.6. The summed E-state index contributed by atoms with van der Waals surface area (Å²) in [6.45, 7) is 3.50. The Hall–Kier alpha value is -3.72. The molecule has 1 aromatic heterocycles. The summed E-state index contributed by atoms with van der Waals surface area (Å²) < 4.78 is 18.4. The average Bonchev–Trinajstić information content (AvgIpc) is 3.40. The number of rotatable bonds is 11. The average molecular weight is 607 g/mol. The molecule has 0 saturated carbocycles. The van der Waals surface area contributed by atoms with Gasteiger partial charge in [-0.2, -0.15) is 0 Å². The fraction of sp³-hybridized carbons (Fsp3) is 0.273. The van der Waals surface area contributed by atoms with E-state index in [4.69, 9.17) is 14.2 Å². The van der Waals surface area contributed by atoms with Crippen molar-refractivity contribution in [3.63, 3.8) is 0 Å². The Labute approximate surface area is 256 Å². The van der Waals surface area contributed by atoms with E-state index in [-0.39, 0.29) is 30.0 Å². The van der Waals surface area contributed by atoms with Gasteiger partial charge in [0.1, 0.15) is 17.1 Å². The fourth-order valence-electron chi connectivity index (χ4n) is 5.37. The van der Waals surface area contributed by atoms with Gasteiger partial charge in [0.15, 0.2) is 0 Å². The Morgan fingerprint density at radius 1 is 0.976 bits per heavy atom. The number of carbonyl (C=O) groups is 1. The van der Waals surface area contributed by atoms with Crippen LogP contribution in [0.4, 0.5) is 0 Å². The molecule has 9 heteroatoms. The van der Waals surface area contributed by atoms with Gasteiger partial charge in [-0.3, -0.25) is 4.79 Å². The third-order valence-electron chi connectivity index (χ3n) is 7.44. The summed E-state index contributed by atoms with van der Waals surface area (Å²) >= 11 is 1.63. The van der Waals surface area contributed by atoms with E-state index in [0.29, 0.717) is 31.0 Å². The molecule has 0 aliphatic carbocycles. The summed E-state index contributed by atoms with van der Waals surface area (Å²) in [6.07, 6.45) is 1.64. The maximum Gasteiger partial charge on any atom is 0.343 e. The number of ether oxygens (including phenoxy) is 3. The minimum atomic E-state index is -0.691. The van der Waals surface area contributed by atoms with Crippen LogP contribution in [0.3, 0.4) is 0 Å². The second-order valence-electron chi connectivity index (χ2n) is 9.90. The number of fused-ring (bicyclic) bond motifs is 1. The fourth-order valence-corrected chi connectivity index (χ4v) is 6.89. The largest absolute Gasteiger partial charge is 0.497 e. The second kappa shape index (κ2) is 14.0. The molecule has 4 aromatic rings. The van der Waals surface area contributed by atoms with Gasteiger partial charge in [0.2, 0.25) is 5.43 Å². The molecule has 2 heterocycles. The number of nitrogens with zero attached hydrogens (tertiary/aromatic N) is 1. The number of methoxy groups -OCH3 is 2. The molecule has 42 heavy (non-hydrogen) atoms. The molecule has 1 atom stereocenters. The molecule has 5 rings (SSSR count). The lowest BCUT2D eigenvalue weighted by atomic mass is 9.76. The van der Waals surface area contributed by atoms with E-state index in [9.17, 15) is 9.59 Å². The van der Waals surface area contributed by atoms with E-state index in [1.165, 1.54) is 0 Å². The van der Waals surface area contributed by atoms with Crippen molar-refractivity contribution in [2.45, 2.75) is 30.5 Å². The van der Waals surface area contributed by atoms with E-state index in [2.05, 4.69) is 17.4 Å². The normalized spacial score (nSPS) is 15.4. The Morgan fingerprint density at radius 2 is 1.69 bits per heavy atom. The van der Waals surface area contributed by atoms with Crippen LogP contribution < -0.4 is 20.2 Å². The molecule has 0 spiro atoms. The van der Waals surface area contributed by atoms with Crippen LogP contribution in [0.25, 0.3) is 0 Å². The second-order valence-corrected chi connectivity index (χ2v) is 10.9. The molecule has 7 nitrogen and oxygen atoms in total. The van der Waals surface area contributed by atoms with Gasteiger partial charge >= 0.3 is 5.97 Å². The van der Waals surface area contributed by atoms with Crippen LogP contribution >= 0.6 is 24.2 Å². The summed E-state index contributed by atoms with van der Waals surface area (Å²) in [5.41, 5.74) is 2.72. The number of nitrogens with one attached hydrogen (secondary N) is 1. The zero-order valence-electron chi connectivity index (χ0n) is 23.9. The summed E-state index contributed by atoms with van der Waals surface area (Å²) in [7, 11) is 3.27. The number of pyridine rings is 1. The highest BCUT2D eigenvalue weighted by molar-refractivity contribution is 7.99. The van der Waals surface area contributed by atoms with Crippen molar-refractivity contribution < 1.29 is 19.0 Å². The number of para-hydroxylation sites is 1. The topological polar surface area (TPSA) is 78.8 Å². The zero-order chi connectivity index (χ0) is 28.8. The number of thioether (sulfide) groups is 1. The summed E-state index contributed by atoms with van der Waals surface area (Å²) in [6, 6.07) is 25.8. The van der Waals surface area contributed by atoms with Crippen LogP contribution in [-0.2, 0) is 23.2 Å². The van der Waals surface area contributed by atoms with Gasteiger partial charge in [0.25, 0.3) is 0 Å². The first-order chi connectivity index (χ1) is 20.0. The standard InChI is InChI=1S/C33H34N2O5S.ClH/c1-4-40-32(37)27-20-35(19-24-12-8-9-13-28(24)39-3)31-29(30(27)36)33(22-41-31,25-14-16-26(38-2)17-15-25)21-34-18-23-10-6-5-7-11-23;/h5-17,20,34H,4,18-19,21-22H2,1-3H3;1H. The smallest absolute Gasteiger partial charge is 0.343 e. The number of hydrogen-bond acceptors (Lipinski definition) is 7. The van der Waals surface area contributed by atoms with Crippen molar-refractivity contribution in [1.82, 2.24) is 9.88 Å². The maximum atomic E-state index is 14.2. The zero-order valence-corrected chi connectivity index (χ0v) is 25.6. The molecule has 1 N–H and O–H groups in total. The third kappa shape index (κ3) is 6.21. The molecule has 0 bridgehead atoms. The predicted molar refractivity (Wildman–Crippen MR) is 169 cm³/mol. The molecule has 220 valence electrons. The molecule has 3 aromatic carbocycles. The molecular formula is C33H35ClN2O5S. The lowest BCUT2D eigenvalue weighted by Gasteiger charge is -2.31. The highest BCUT2D eigenvalue weighted by Crippen LogP contribution is 2.47. The van der Waals surface area contributed by atoms with Gasteiger partial charge in [0.05, 0.1) is 32.4 Å². The predicted octanol–water partition coefficient (Wildman–Crippen LogP) is 5.69. The number of aromatic nitrogens is 1. The Kier molecular flexibility index (Phi) is 10.4. The van der Waals surface area contributed by atoms with Gasteiger partial charge in [-0.15, -0.1) is 24.2 Å². The third-order valence-corrected chi connectivity index (χ3v) is 8.78. The number of benzene rings is 3. The van der Waals surface area contributed by atoms with E-state index < -0.39 is 11.4 Å². The van der Waals surface area contributed by atoms with Crippen LogP contribution in [0, 0.1) is 0 Å².